The molecule has 0 aromatic heterocycles. The Morgan fingerprint density at radius 2 is 1.76 bits per heavy atom. The average Bonchev–Trinajstić information content (AvgIpc) is 2.40. The van der Waals surface area contributed by atoms with Gasteiger partial charge in [0.2, 0.25) is 0 Å². The molecule has 0 aliphatic heterocycles. The lowest BCUT2D eigenvalue weighted by Crippen LogP contribution is -2.10. The van der Waals surface area contributed by atoms with E-state index < -0.39 is 23.3 Å². The second kappa shape index (κ2) is 5.60. The number of halogens is 5. The molecule has 0 fully saturated rings. The van der Waals surface area contributed by atoms with Gasteiger partial charge in [0, 0.05) is 10.0 Å². The normalized spacial score (nSPS) is 11.5. The number of carbonyl (C=O) groups excluding carboxylic acids is 1. The van der Waals surface area contributed by atoms with E-state index in [1.807, 2.05) is 0 Å². The van der Waals surface area contributed by atoms with Gasteiger partial charge in [0.25, 0.3) is 0 Å². The van der Waals surface area contributed by atoms with Crippen molar-refractivity contribution in [3.63, 3.8) is 0 Å². The Labute approximate surface area is 126 Å². The maximum absolute atomic E-state index is 13.7. The molecule has 0 saturated carbocycles. The highest BCUT2D eigenvalue weighted by Gasteiger charge is 2.33. The third-order valence-electron chi connectivity index (χ3n) is 2.90. The fourth-order valence-electron chi connectivity index (χ4n) is 1.85. The van der Waals surface area contributed by atoms with E-state index in [2.05, 4.69) is 15.9 Å². The minimum atomic E-state index is -4.60. The number of rotatable bonds is 2. The smallest absolute Gasteiger partial charge is 0.288 e. The fourth-order valence-corrected chi connectivity index (χ4v) is 2.32. The van der Waals surface area contributed by atoms with Gasteiger partial charge in [-0.25, -0.2) is 4.39 Å². The summed E-state index contributed by atoms with van der Waals surface area (Å²) >= 11 is 2.79. The molecule has 1 nitrogen and oxygen atoms in total. The average molecular weight is 361 g/mol. The summed E-state index contributed by atoms with van der Waals surface area (Å²) in [6.07, 6.45) is -4.60. The van der Waals surface area contributed by atoms with Crippen molar-refractivity contribution in [2.45, 2.75) is 13.1 Å². The van der Waals surface area contributed by atoms with E-state index in [0.717, 1.165) is 12.1 Å². The van der Waals surface area contributed by atoms with Crippen LogP contribution in [0.5, 0.6) is 0 Å². The van der Waals surface area contributed by atoms with E-state index in [0.29, 0.717) is 11.6 Å². The molecule has 2 aromatic rings. The fraction of sp³-hybridized carbons (Fsp3) is 0.133. The molecule has 2 aromatic carbocycles. The van der Waals surface area contributed by atoms with Crippen LogP contribution in [0.2, 0.25) is 0 Å². The molecule has 0 saturated heterocycles. The lowest BCUT2D eigenvalue weighted by atomic mass is 9.99. The van der Waals surface area contributed by atoms with Crippen LogP contribution < -0.4 is 0 Å². The van der Waals surface area contributed by atoms with Gasteiger partial charge < -0.3 is 0 Å². The van der Waals surface area contributed by atoms with Crippen LogP contribution in [0.25, 0.3) is 0 Å². The first-order valence-electron chi connectivity index (χ1n) is 5.88. The highest BCUT2D eigenvalue weighted by Crippen LogP contribution is 2.35. The molecule has 110 valence electrons. The summed E-state index contributed by atoms with van der Waals surface area (Å²) in [6, 6.07) is 6.98. The van der Waals surface area contributed by atoms with Crippen molar-refractivity contribution in [3.05, 3.63) is 68.9 Å². The second-order valence-corrected chi connectivity index (χ2v) is 5.36. The predicted octanol–water partition coefficient (Wildman–Crippen LogP) is 5.15. The number of hydrogen-bond donors (Lipinski definition) is 0. The van der Waals surface area contributed by atoms with Crippen molar-refractivity contribution in [1.29, 1.82) is 0 Å². The minimum absolute atomic E-state index is 0.170. The van der Waals surface area contributed by atoms with Crippen LogP contribution in [0.3, 0.4) is 0 Å². The number of aryl methyl sites for hydroxylation is 1. The maximum atomic E-state index is 13.7. The summed E-state index contributed by atoms with van der Waals surface area (Å²) < 4.78 is 52.0. The van der Waals surface area contributed by atoms with Crippen LogP contribution in [-0.2, 0) is 6.18 Å². The van der Waals surface area contributed by atoms with Gasteiger partial charge in [-0.3, -0.25) is 4.79 Å². The largest absolute Gasteiger partial charge is 0.417 e. The zero-order chi connectivity index (χ0) is 15.8. The minimum Gasteiger partial charge on any atom is -0.288 e. The molecule has 0 bridgehead atoms. The van der Waals surface area contributed by atoms with Crippen LogP contribution in [0, 0.1) is 12.7 Å². The van der Waals surface area contributed by atoms with Crippen molar-refractivity contribution >= 4 is 21.7 Å². The Bertz CT molecular complexity index is 707. The molecule has 0 unspecified atom stereocenters. The molecule has 0 aliphatic carbocycles. The quantitative estimate of drug-likeness (QED) is 0.534. The molecule has 6 heteroatoms. The number of ketones is 1. The molecule has 0 atom stereocenters. The summed E-state index contributed by atoms with van der Waals surface area (Å²) in [5.74, 6) is -1.55. The number of hydrogen-bond acceptors (Lipinski definition) is 1. The lowest BCUT2D eigenvalue weighted by molar-refractivity contribution is -0.138. The van der Waals surface area contributed by atoms with Crippen molar-refractivity contribution in [1.82, 2.24) is 0 Å². The Morgan fingerprint density at radius 1 is 1.10 bits per heavy atom. The van der Waals surface area contributed by atoms with Gasteiger partial charge in [0.15, 0.2) is 5.78 Å². The van der Waals surface area contributed by atoms with E-state index >= 15 is 0 Å². The van der Waals surface area contributed by atoms with Gasteiger partial charge in [-0.05, 0) is 37.3 Å². The molecular formula is C15H9BrF4O. The molecular weight excluding hydrogens is 352 g/mol. The van der Waals surface area contributed by atoms with Gasteiger partial charge in [-0.1, -0.05) is 27.6 Å². The molecule has 21 heavy (non-hydrogen) atoms. The monoisotopic (exact) mass is 360 g/mol. The van der Waals surface area contributed by atoms with Crippen LogP contribution in [-0.4, -0.2) is 5.78 Å². The molecule has 0 spiro atoms. The van der Waals surface area contributed by atoms with Gasteiger partial charge in [0.1, 0.15) is 5.82 Å². The third-order valence-corrected chi connectivity index (χ3v) is 3.59. The highest BCUT2D eigenvalue weighted by molar-refractivity contribution is 9.10. The van der Waals surface area contributed by atoms with E-state index in [-0.39, 0.29) is 15.6 Å². The SMILES string of the molecule is Cc1ccc(F)c(C(=O)c2ccc(Br)c(C(F)(F)F)c2)c1. The molecule has 0 aliphatic rings. The van der Waals surface area contributed by atoms with Crippen LogP contribution in [0.4, 0.5) is 17.6 Å². The van der Waals surface area contributed by atoms with Crippen molar-refractivity contribution in [2.24, 2.45) is 0 Å². The summed E-state index contributed by atoms with van der Waals surface area (Å²) in [6.45, 7) is 1.67. The first kappa shape index (κ1) is 15.7. The van der Waals surface area contributed by atoms with E-state index in [4.69, 9.17) is 0 Å². The Hall–Kier alpha value is -1.69. The maximum Gasteiger partial charge on any atom is 0.417 e. The molecule has 0 N–H and O–H groups in total. The summed E-state index contributed by atoms with van der Waals surface area (Å²) in [4.78, 5) is 12.2. The Balaban J connectivity index is 2.52. The van der Waals surface area contributed by atoms with Crippen molar-refractivity contribution in [3.8, 4) is 0 Å². The van der Waals surface area contributed by atoms with E-state index in [1.54, 1.807) is 6.92 Å². The van der Waals surface area contributed by atoms with E-state index in [1.165, 1.54) is 18.2 Å². The standard InChI is InChI=1S/C15H9BrF4O/c1-8-2-5-13(17)10(6-8)14(21)9-3-4-12(16)11(7-9)15(18,19)20/h2-7H,1H3. The predicted molar refractivity (Wildman–Crippen MR) is 73.7 cm³/mol. The van der Waals surface area contributed by atoms with Crippen molar-refractivity contribution < 1.29 is 22.4 Å². The highest BCUT2D eigenvalue weighted by atomic mass is 79.9. The van der Waals surface area contributed by atoms with Crippen LogP contribution >= 0.6 is 15.9 Å². The van der Waals surface area contributed by atoms with Crippen LogP contribution in [0.1, 0.15) is 27.0 Å². The zero-order valence-electron chi connectivity index (χ0n) is 10.8. The van der Waals surface area contributed by atoms with Gasteiger partial charge in [-0.2, -0.15) is 13.2 Å². The number of benzene rings is 2. The molecule has 0 amide bonds. The second-order valence-electron chi connectivity index (χ2n) is 4.50. The van der Waals surface area contributed by atoms with Crippen LogP contribution in [0.15, 0.2) is 40.9 Å². The zero-order valence-corrected chi connectivity index (χ0v) is 12.3. The van der Waals surface area contributed by atoms with Gasteiger partial charge >= 0.3 is 6.18 Å². The third kappa shape index (κ3) is 3.32. The van der Waals surface area contributed by atoms with E-state index in [9.17, 15) is 22.4 Å². The Kier molecular flexibility index (Phi) is 4.18. The first-order valence-corrected chi connectivity index (χ1v) is 6.67. The van der Waals surface area contributed by atoms with Gasteiger partial charge in [-0.15, -0.1) is 0 Å². The topological polar surface area (TPSA) is 17.1 Å². The number of alkyl halides is 3. The summed E-state index contributed by atoms with van der Waals surface area (Å²) in [7, 11) is 0. The first-order chi connectivity index (χ1) is 9.70. The summed E-state index contributed by atoms with van der Waals surface area (Å²) in [5, 5.41) is 0. The Morgan fingerprint density at radius 3 is 2.38 bits per heavy atom. The molecule has 2 rings (SSSR count). The lowest BCUT2D eigenvalue weighted by Gasteiger charge is -2.11. The molecule has 0 radical (unpaired) electrons. The van der Waals surface area contributed by atoms with Crippen molar-refractivity contribution in [2.75, 3.05) is 0 Å². The molecule has 0 heterocycles. The number of carbonyl (C=O) groups is 1. The van der Waals surface area contributed by atoms with Gasteiger partial charge in [0.05, 0.1) is 11.1 Å². The summed E-state index contributed by atoms with van der Waals surface area (Å²) in [5.41, 5.74) is -0.783.